The Bertz CT molecular complexity index is 752. The number of benzene rings is 1. The number of hydrogen-bond donors (Lipinski definition) is 3. The van der Waals surface area contributed by atoms with E-state index in [4.69, 9.17) is 4.74 Å². The van der Waals surface area contributed by atoms with E-state index in [1.54, 1.807) is 30.3 Å². The normalized spacial score (nSPS) is 23.8. The zero-order chi connectivity index (χ0) is 17.9. The largest absolute Gasteiger partial charge is 0.508 e. The van der Waals surface area contributed by atoms with Crippen LogP contribution >= 0.6 is 0 Å². The Hall–Kier alpha value is -2.38. The molecule has 2 saturated heterocycles. The minimum atomic E-state index is -0.167. The van der Waals surface area contributed by atoms with Crippen molar-refractivity contribution in [2.75, 3.05) is 26.3 Å². The second-order valence-corrected chi connectivity index (χ2v) is 7.00. The van der Waals surface area contributed by atoms with Crippen LogP contribution in [-0.2, 0) is 4.74 Å². The molecule has 7 heteroatoms. The fourth-order valence-corrected chi connectivity index (χ4v) is 3.75. The molecular formula is C19H24N4O3. The average molecular weight is 356 g/mol. The van der Waals surface area contributed by atoms with Crippen molar-refractivity contribution in [1.82, 2.24) is 20.4 Å². The summed E-state index contributed by atoms with van der Waals surface area (Å²) in [5.74, 6) is 0.0345. The van der Waals surface area contributed by atoms with Gasteiger partial charge in [0.15, 0.2) is 0 Å². The number of aromatic hydroxyl groups is 1. The summed E-state index contributed by atoms with van der Waals surface area (Å²) in [5.41, 5.74) is 1.94. The molecule has 0 bridgehead atoms. The van der Waals surface area contributed by atoms with Crippen LogP contribution in [0.1, 0.15) is 29.8 Å². The zero-order valence-corrected chi connectivity index (χ0v) is 14.6. The first-order valence-corrected chi connectivity index (χ1v) is 9.18. The van der Waals surface area contributed by atoms with E-state index in [-0.39, 0.29) is 23.7 Å². The van der Waals surface area contributed by atoms with E-state index in [2.05, 4.69) is 20.4 Å². The van der Waals surface area contributed by atoms with Crippen LogP contribution in [-0.4, -0.2) is 64.5 Å². The van der Waals surface area contributed by atoms with Gasteiger partial charge in [-0.25, -0.2) is 0 Å². The molecule has 2 aliphatic rings. The minimum Gasteiger partial charge on any atom is -0.508 e. The Morgan fingerprint density at radius 2 is 1.96 bits per heavy atom. The van der Waals surface area contributed by atoms with Gasteiger partial charge in [-0.1, -0.05) is 6.42 Å². The Kier molecular flexibility index (Phi) is 4.90. The van der Waals surface area contributed by atoms with Crippen molar-refractivity contribution in [2.45, 2.75) is 31.3 Å². The average Bonchev–Trinajstić information content (AvgIpc) is 3.33. The summed E-state index contributed by atoms with van der Waals surface area (Å²) in [5, 5.41) is 19.5. The Morgan fingerprint density at radius 3 is 2.73 bits per heavy atom. The van der Waals surface area contributed by atoms with E-state index in [0.29, 0.717) is 24.6 Å². The highest BCUT2D eigenvalue weighted by Crippen LogP contribution is 2.22. The number of nitrogens with zero attached hydrogens (tertiary/aromatic N) is 2. The molecule has 1 amide bonds. The van der Waals surface area contributed by atoms with Gasteiger partial charge in [0.1, 0.15) is 11.4 Å². The van der Waals surface area contributed by atoms with E-state index >= 15 is 0 Å². The number of carbonyl (C=O) groups excluding carboxylic acids is 1. The Balaban J connectivity index is 1.42. The van der Waals surface area contributed by atoms with E-state index < -0.39 is 0 Å². The smallest absolute Gasteiger partial charge is 0.269 e. The summed E-state index contributed by atoms with van der Waals surface area (Å²) in [7, 11) is 0. The van der Waals surface area contributed by atoms with Crippen LogP contribution in [0.4, 0.5) is 0 Å². The van der Waals surface area contributed by atoms with E-state index in [9.17, 15) is 9.90 Å². The number of phenolic OH excluding ortho intramolecular Hbond substituents is 1. The number of ether oxygens (including phenoxy) is 1. The van der Waals surface area contributed by atoms with E-state index in [1.165, 1.54) is 19.3 Å². The molecule has 7 nitrogen and oxygen atoms in total. The second-order valence-electron chi connectivity index (χ2n) is 7.00. The number of nitrogens with one attached hydrogen (secondary N) is 2. The number of rotatable bonds is 4. The van der Waals surface area contributed by atoms with Gasteiger partial charge in [-0.05, 0) is 56.3 Å². The number of amides is 1. The van der Waals surface area contributed by atoms with Gasteiger partial charge >= 0.3 is 0 Å². The van der Waals surface area contributed by atoms with E-state index in [1.807, 2.05) is 0 Å². The van der Waals surface area contributed by atoms with Gasteiger partial charge in [0.2, 0.25) is 0 Å². The molecule has 0 saturated carbocycles. The van der Waals surface area contributed by atoms with Gasteiger partial charge in [-0.15, -0.1) is 0 Å². The predicted octanol–water partition coefficient (Wildman–Crippen LogP) is 1.77. The van der Waals surface area contributed by atoms with Crippen molar-refractivity contribution >= 4 is 5.91 Å². The first kappa shape index (κ1) is 17.1. The molecular weight excluding hydrogens is 332 g/mol. The fraction of sp³-hybridized carbons (Fsp3) is 0.474. The van der Waals surface area contributed by atoms with Crippen molar-refractivity contribution in [3.8, 4) is 17.0 Å². The summed E-state index contributed by atoms with van der Waals surface area (Å²) in [6.07, 6.45) is 3.72. The number of carbonyl (C=O) groups is 1. The molecule has 0 unspecified atom stereocenters. The van der Waals surface area contributed by atoms with Crippen molar-refractivity contribution in [1.29, 1.82) is 0 Å². The molecule has 26 heavy (non-hydrogen) atoms. The molecule has 138 valence electrons. The quantitative estimate of drug-likeness (QED) is 0.777. The SMILES string of the molecule is O=C(N[C@@H]1COC[C@H]1N1CCCCC1)c1cc(-c2ccc(O)cc2)n[nH]1. The van der Waals surface area contributed by atoms with Crippen molar-refractivity contribution in [2.24, 2.45) is 0 Å². The maximum absolute atomic E-state index is 12.6. The minimum absolute atomic E-state index is 0.000947. The number of phenols is 1. The summed E-state index contributed by atoms with van der Waals surface area (Å²) < 4.78 is 5.64. The number of aromatic amines is 1. The molecule has 2 fully saturated rings. The summed E-state index contributed by atoms with van der Waals surface area (Å²) in [6, 6.07) is 8.72. The standard InChI is InChI=1S/C19H24N4O3/c24-14-6-4-13(5-7-14)15-10-16(22-21-15)19(25)20-17-11-26-12-18(17)23-8-2-1-3-9-23/h4-7,10,17-18,24H,1-3,8-9,11-12H2,(H,20,25)(H,21,22)/t17-,18-/m1/s1. The molecule has 0 radical (unpaired) electrons. The molecule has 2 aromatic rings. The number of H-pyrrole nitrogens is 1. The molecule has 4 rings (SSSR count). The van der Waals surface area contributed by atoms with Gasteiger partial charge in [0.05, 0.1) is 31.0 Å². The first-order valence-electron chi connectivity index (χ1n) is 9.18. The van der Waals surface area contributed by atoms with Crippen LogP contribution < -0.4 is 5.32 Å². The third kappa shape index (κ3) is 3.59. The molecule has 3 N–H and O–H groups in total. The molecule has 3 heterocycles. The molecule has 0 spiro atoms. The van der Waals surface area contributed by atoms with Crippen LogP contribution in [0.3, 0.4) is 0 Å². The number of hydrogen-bond acceptors (Lipinski definition) is 5. The highest BCUT2D eigenvalue weighted by atomic mass is 16.5. The first-order chi connectivity index (χ1) is 12.7. The number of aromatic nitrogens is 2. The lowest BCUT2D eigenvalue weighted by Gasteiger charge is -2.34. The van der Waals surface area contributed by atoms with Crippen LogP contribution in [0.2, 0.25) is 0 Å². The third-order valence-corrected chi connectivity index (χ3v) is 5.21. The zero-order valence-electron chi connectivity index (χ0n) is 14.6. The van der Waals surface area contributed by atoms with Gasteiger partial charge in [0.25, 0.3) is 5.91 Å². The third-order valence-electron chi connectivity index (χ3n) is 5.21. The molecule has 2 atom stereocenters. The van der Waals surface area contributed by atoms with E-state index in [0.717, 1.165) is 18.7 Å². The fourth-order valence-electron chi connectivity index (χ4n) is 3.75. The highest BCUT2D eigenvalue weighted by Gasteiger charge is 2.35. The molecule has 1 aromatic carbocycles. The van der Waals surface area contributed by atoms with Gasteiger partial charge < -0.3 is 15.2 Å². The molecule has 0 aliphatic carbocycles. The highest BCUT2D eigenvalue weighted by molar-refractivity contribution is 5.93. The summed E-state index contributed by atoms with van der Waals surface area (Å²) >= 11 is 0. The maximum atomic E-state index is 12.6. The summed E-state index contributed by atoms with van der Waals surface area (Å²) in [6.45, 7) is 3.38. The van der Waals surface area contributed by atoms with Crippen LogP contribution in [0.5, 0.6) is 5.75 Å². The van der Waals surface area contributed by atoms with Crippen molar-refractivity contribution in [3.63, 3.8) is 0 Å². The number of piperidine rings is 1. The topological polar surface area (TPSA) is 90.5 Å². The van der Waals surface area contributed by atoms with Gasteiger partial charge in [0, 0.05) is 5.56 Å². The molecule has 1 aromatic heterocycles. The van der Waals surface area contributed by atoms with Crippen molar-refractivity contribution < 1.29 is 14.6 Å². The Morgan fingerprint density at radius 1 is 1.19 bits per heavy atom. The Labute approximate surface area is 152 Å². The van der Waals surface area contributed by atoms with Crippen LogP contribution in [0.15, 0.2) is 30.3 Å². The lowest BCUT2D eigenvalue weighted by molar-refractivity contribution is 0.0895. The lowest BCUT2D eigenvalue weighted by atomic mass is 10.0. The van der Waals surface area contributed by atoms with Crippen LogP contribution in [0.25, 0.3) is 11.3 Å². The van der Waals surface area contributed by atoms with Crippen molar-refractivity contribution in [3.05, 3.63) is 36.0 Å². The summed E-state index contributed by atoms with van der Waals surface area (Å²) in [4.78, 5) is 15.1. The van der Waals surface area contributed by atoms with Crippen LogP contribution in [0, 0.1) is 0 Å². The molecule has 2 aliphatic heterocycles. The lowest BCUT2D eigenvalue weighted by Crippen LogP contribution is -2.52. The second kappa shape index (κ2) is 7.47. The van der Waals surface area contributed by atoms with Gasteiger partial charge in [-0.2, -0.15) is 5.10 Å². The maximum Gasteiger partial charge on any atom is 0.269 e. The monoisotopic (exact) mass is 356 g/mol. The predicted molar refractivity (Wildman–Crippen MR) is 97.0 cm³/mol. The van der Waals surface area contributed by atoms with Gasteiger partial charge in [-0.3, -0.25) is 14.8 Å². The number of likely N-dealkylation sites (tertiary alicyclic amines) is 1.